The van der Waals surface area contributed by atoms with Crippen molar-refractivity contribution in [3.63, 3.8) is 0 Å². The predicted octanol–water partition coefficient (Wildman–Crippen LogP) is 1.52. The van der Waals surface area contributed by atoms with Crippen molar-refractivity contribution in [3.05, 3.63) is 18.3 Å². The van der Waals surface area contributed by atoms with Crippen LogP contribution >= 0.6 is 0 Å². The van der Waals surface area contributed by atoms with E-state index in [2.05, 4.69) is 29.1 Å². The van der Waals surface area contributed by atoms with Crippen LogP contribution in [-0.4, -0.2) is 19.9 Å². The van der Waals surface area contributed by atoms with Crippen LogP contribution in [0.4, 0.5) is 0 Å². The van der Waals surface area contributed by atoms with E-state index in [1.807, 2.05) is 13.2 Å². The van der Waals surface area contributed by atoms with Crippen LogP contribution in [0.25, 0.3) is 11.4 Å². The van der Waals surface area contributed by atoms with Gasteiger partial charge in [0.25, 0.3) is 0 Å². The molecule has 92 valence electrons. The van der Waals surface area contributed by atoms with Gasteiger partial charge >= 0.3 is 0 Å². The maximum atomic E-state index is 6.03. The van der Waals surface area contributed by atoms with Gasteiger partial charge in [0, 0.05) is 13.2 Å². The lowest BCUT2D eigenvalue weighted by Crippen LogP contribution is -2.18. The van der Waals surface area contributed by atoms with E-state index in [0.717, 1.165) is 12.0 Å². The topological polar surface area (TPSA) is 82.8 Å². The molecular weight excluding hydrogens is 218 g/mol. The second-order valence-electron chi connectivity index (χ2n) is 4.27. The van der Waals surface area contributed by atoms with Crippen molar-refractivity contribution in [2.45, 2.75) is 26.3 Å². The summed E-state index contributed by atoms with van der Waals surface area (Å²) in [5, 5.41) is 7.98. The Morgan fingerprint density at radius 2 is 2.29 bits per heavy atom. The molecule has 2 rings (SSSR count). The SMILES string of the molecule is CCC(C)C(N)c1nc(-c2cnn(C)c2)no1. The van der Waals surface area contributed by atoms with Crippen LogP contribution in [0.15, 0.2) is 16.9 Å². The molecule has 2 unspecified atom stereocenters. The zero-order chi connectivity index (χ0) is 12.4. The first-order valence-electron chi connectivity index (χ1n) is 5.70. The molecule has 0 saturated heterocycles. The quantitative estimate of drug-likeness (QED) is 0.868. The van der Waals surface area contributed by atoms with Gasteiger partial charge in [0.2, 0.25) is 11.7 Å². The standard InChI is InChI=1S/C11H17N5O/c1-4-7(2)9(12)11-14-10(15-17-11)8-5-13-16(3)6-8/h5-7,9H,4,12H2,1-3H3. The van der Waals surface area contributed by atoms with Gasteiger partial charge in [-0.15, -0.1) is 0 Å². The van der Waals surface area contributed by atoms with Gasteiger partial charge in [-0.2, -0.15) is 10.1 Å². The minimum atomic E-state index is -0.210. The fourth-order valence-electron chi connectivity index (χ4n) is 1.52. The number of nitrogens with two attached hydrogens (primary N) is 1. The third-order valence-corrected chi connectivity index (χ3v) is 2.95. The van der Waals surface area contributed by atoms with Gasteiger partial charge in [0.05, 0.1) is 17.8 Å². The molecule has 0 aromatic carbocycles. The van der Waals surface area contributed by atoms with Gasteiger partial charge < -0.3 is 10.3 Å². The highest BCUT2D eigenvalue weighted by Gasteiger charge is 2.20. The molecular formula is C11H17N5O. The molecule has 0 amide bonds. The molecule has 2 aromatic rings. The Balaban J connectivity index is 2.21. The average Bonchev–Trinajstić information content (AvgIpc) is 2.95. The number of rotatable bonds is 4. The molecule has 0 bridgehead atoms. The molecule has 0 fully saturated rings. The number of aromatic nitrogens is 4. The largest absolute Gasteiger partial charge is 0.337 e. The summed E-state index contributed by atoms with van der Waals surface area (Å²) in [6, 6.07) is -0.210. The summed E-state index contributed by atoms with van der Waals surface area (Å²) in [5.74, 6) is 1.34. The zero-order valence-electron chi connectivity index (χ0n) is 10.3. The van der Waals surface area contributed by atoms with Crippen molar-refractivity contribution in [1.82, 2.24) is 19.9 Å². The molecule has 0 radical (unpaired) electrons. The maximum absolute atomic E-state index is 6.03. The fourth-order valence-corrected chi connectivity index (χ4v) is 1.52. The van der Waals surface area contributed by atoms with Crippen molar-refractivity contribution < 1.29 is 4.52 Å². The van der Waals surface area contributed by atoms with Crippen molar-refractivity contribution in [2.75, 3.05) is 0 Å². The molecule has 17 heavy (non-hydrogen) atoms. The van der Waals surface area contributed by atoms with Crippen LogP contribution in [0.5, 0.6) is 0 Å². The molecule has 6 nitrogen and oxygen atoms in total. The molecule has 6 heteroatoms. The third kappa shape index (κ3) is 2.36. The lowest BCUT2D eigenvalue weighted by atomic mass is 10.0. The number of hydrogen-bond acceptors (Lipinski definition) is 5. The summed E-state index contributed by atoms with van der Waals surface area (Å²) in [6.07, 6.45) is 4.51. The van der Waals surface area contributed by atoms with Gasteiger partial charge in [0.15, 0.2) is 0 Å². The highest BCUT2D eigenvalue weighted by Crippen LogP contribution is 2.22. The van der Waals surface area contributed by atoms with Crippen molar-refractivity contribution in [1.29, 1.82) is 0 Å². The van der Waals surface area contributed by atoms with E-state index in [9.17, 15) is 0 Å². The van der Waals surface area contributed by atoms with E-state index in [1.165, 1.54) is 0 Å². The third-order valence-electron chi connectivity index (χ3n) is 2.95. The van der Waals surface area contributed by atoms with E-state index in [1.54, 1.807) is 10.9 Å². The Kier molecular flexibility index (Phi) is 3.23. The first-order chi connectivity index (χ1) is 8.11. The van der Waals surface area contributed by atoms with Gasteiger partial charge in [-0.25, -0.2) is 0 Å². The van der Waals surface area contributed by atoms with Crippen LogP contribution in [0.2, 0.25) is 0 Å². The summed E-state index contributed by atoms with van der Waals surface area (Å²) < 4.78 is 6.88. The van der Waals surface area contributed by atoms with Crippen LogP contribution in [0, 0.1) is 5.92 Å². The van der Waals surface area contributed by atoms with E-state index < -0.39 is 0 Å². The Morgan fingerprint density at radius 1 is 1.53 bits per heavy atom. The molecule has 0 saturated carbocycles. The van der Waals surface area contributed by atoms with E-state index in [0.29, 0.717) is 17.6 Å². The first kappa shape index (κ1) is 11.8. The number of nitrogens with zero attached hydrogens (tertiary/aromatic N) is 4. The summed E-state index contributed by atoms with van der Waals surface area (Å²) >= 11 is 0. The summed E-state index contributed by atoms with van der Waals surface area (Å²) in [4.78, 5) is 4.31. The van der Waals surface area contributed by atoms with Gasteiger partial charge in [-0.1, -0.05) is 25.4 Å². The molecule has 0 aliphatic carbocycles. The molecule has 0 aliphatic rings. The van der Waals surface area contributed by atoms with Gasteiger partial charge in [-0.3, -0.25) is 4.68 Å². The summed E-state index contributed by atoms with van der Waals surface area (Å²) in [7, 11) is 1.84. The lowest BCUT2D eigenvalue weighted by Gasteiger charge is -2.12. The Hall–Kier alpha value is -1.69. The van der Waals surface area contributed by atoms with E-state index >= 15 is 0 Å². The van der Waals surface area contributed by atoms with Crippen LogP contribution in [0.3, 0.4) is 0 Å². The van der Waals surface area contributed by atoms with Crippen LogP contribution < -0.4 is 5.73 Å². The smallest absolute Gasteiger partial charge is 0.244 e. The summed E-state index contributed by atoms with van der Waals surface area (Å²) in [6.45, 7) is 4.15. The van der Waals surface area contributed by atoms with E-state index in [4.69, 9.17) is 10.3 Å². The number of hydrogen-bond donors (Lipinski definition) is 1. The Bertz CT molecular complexity index is 490. The van der Waals surface area contributed by atoms with Crippen LogP contribution in [-0.2, 0) is 7.05 Å². The van der Waals surface area contributed by atoms with E-state index in [-0.39, 0.29) is 6.04 Å². The summed E-state index contributed by atoms with van der Waals surface area (Å²) in [5.41, 5.74) is 6.86. The molecule has 2 atom stereocenters. The highest BCUT2D eigenvalue weighted by molar-refractivity contribution is 5.51. The zero-order valence-corrected chi connectivity index (χ0v) is 10.3. The van der Waals surface area contributed by atoms with Crippen molar-refractivity contribution >= 4 is 0 Å². The predicted molar refractivity (Wildman–Crippen MR) is 62.9 cm³/mol. The molecule has 2 N–H and O–H groups in total. The minimum absolute atomic E-state index is 0.210. The molecule has 0 spiro atoms. The van der Waals surface area contributed by atoms with Gasteiger partial charge in [0.1, 0.15) is 0 Å². The Morgan fingerprint density at radius 3 is 2.88 bits per heavy atom. The maximum Gasteiger partial charge on any atom is 0.244 e. The van der Waals surface area contributed by atoms with Crippen LogP contribution in [0.1, 0.15) is 32.2 Å². The molecule has 0 aliphatic heterocycles. The van der Waals surface area contributed by atoms with Crippen molar-refractivity contribution in [3.8, 4) is 11.4 Å². The lowest BCUT2D eigenvalue weighted by molar-refractivity contribution is 0.312. The Labute approximate surface area is 99.8 Å². The average molecular weight is 235 g/mol. The second kappa shape index (κ2) is 4.67. The first-order valence-corrected chi connectivity index (χ1v) is 5.70. The monoisotopic (exact) mass is 235 g/mol. The van der Waals surface area contributed by atoms with Crippen molar-refractivity contribution in [2.24, 2.45) is 18.7 Å². The normalized spacial score (nSPS) is 14.8. The molecule has 2 heterocycles. The molecule has 2 aromatic heterocycles. The second-order valence-corrected chi connectivity index (χ2v) is 4.27. The number of aryl methyl sites for hydroxylation is 1. The highest BCUT2D eigenvalue weighted by atomic mass is 16.5. The van der Waals surface area contributed by atoms with Gasteiger partial charge in [-0.05, 0) is 5.92 Å². The minimum Gasteiger partial charge on any atom is -0.337 e. The fraction of sp³-hybridized carbons (Fsp3) is 0.545.